The third-order valence-corrected chi connectivity index (χ3v) is 5.05. The number of aliphatic hydroxyl groups excluding tert-OH is 1. The van der Waals surface area contributed by atoms with E-state index in [1.165, 1.54) is 0 Å². The maximum absolute atomic E-state index is 12.4. The molecule has 2 aromatic carbocycles. The average Bonchev–Trinajstić information content (AvgIpc) is 2.76. The second kappa shape index (κ2) is 7.98. The molecule has 0 bridgehead atoms. The number of phenols is 1. The lowest BCUT2D eigenvalue weighted by molar-refractivity contribution is -0.464. The predicted molar refractivity (Wildman–Crippen MR) is 117 cm³/mol. The van der Waals surface area contributed by atoms with E-state index in [0.29, 0.717) is 24.1 Å². The molecule has 0 unspecified atom stereocenters. The van der Waals surface area contributed by atoms with Crippen LogP contribution in [0.15, 0.2) is 62.5 Å². The van der Waals surface area contributed by atoms with Crippen molar-refractivity contribution in [2.45, 2.75) is 6.42 Å². The van der Waals surface area contributed by atoms with Gasteiger partial charge in [0.1, 0.15) is 23.2 Å². The van der Waals surface area contributed by atoms with Crippen molar-refractivity contribution in [3.8, 4) is 5.75 Å². The summed E-state index contributed by atoms with van der Waals surface area (Å²) in [6, 6.07) is 13.3. The molecular weight excluding hydrogens is 398 g/mol. The van der Waals surface area contributed by atoms with E-state index >= 15 is 0 Å². The van der Waals surface area contributed by atoms with Gasteiger partial charge in [0.25, 0.3) is 5.43 Å². The number of anilines is 1. The summed E-state index contributed by atoms with van der Waals surface area (Å²) in [5.74, 6) is -0.0564. The van der Waals surface area contributed by atoms with Crippen molar-refractivity contribution in [1.29, 1.82) is 0 Å². The molecule has 0 saturated carbocycles. The highest BCUT2D eigenvalue weighted by Crippen LogP contribution is 2.20. The molecule has 1 aliphatic carbocycles. The highest BCUT2D eigenvalue weighted by atomic mass is 16.3. The molecule has 8 nitrogen and oxygen atoms in total. The van der Waals surface area contributed by atoms with Gasteiger partial charge in [0.15, 0.2) is 5.58 Å². The number of phenolic OH excluding ortho intramolecular Hbond substituents is 1. The maximum atomic E-state index is 12.4. The number of hydrogen-bond acceptors (Lipinski definition) is 5. The molecule has 0 spiro atoms. The average molecular weight is 420 g/mol. The van der Waals surface area contributed by atoms with E-state index < -0.39 is 10.9 Å². The van der Waals surface area contributed by atoms with E-state index in [4.69, 9.17) is 4.42 Å². The summed E-state index contributed by atoms with van der Waals surface area (Å²) in [4.78, 5) is 32.5. The summed E-state index contributed by atoms with van der Waals surface area (Å²) in [7, 11) is 3.77. The predicted octanol–water partition coefficient (Wildman–Crippen LogP) is 0.606. The highest BCUT2D eigenvalue weighted by Gasteiger charge is 2.17. The Hall–Kier alpha value is -4.07. The van der Waals surface area contributed by atoms with Gasteiger partial charge < -0.3 is 24.5 Å². The van der Waals surface area contributed by atoms with Crippen LogP contribution in [-0.2, 0) is 6.42 Å². The molecule has 8 heteroatoms. The van der Waals surface area contributed by atoms with Crippen LogP contribution in [0, 0.1) is 10.8 Å². The Kier molecular flexibility index (Phi) is 5.21. The molecule has 0 amide bonds. The Labute approximate surface area is 176 Å². The van der Waals surface area contributed by atoms with Crippen LogP contribution < -0.4 is 20.7 Å². The number of aromatic amines is 1. The molecule has 2 aromatic rings. The topological polar surface area (TPSA) is 121 Å². The molecule has 4 rings (SSSR count). The number of aromatic nitrogens is 1. The molecule has 0 fully saturated rings. The van der Waals surface area contributed by atoms with E-state index in [-0.39, 0.29) is 28.0 Å². The quantitative estimate of drug-likeness (QED) is 0.213. The van der Waals surface area contributed by atoms with Gasteiger partial charge in [-0.25, -0.2) is 4.99 Å². The third kappa shape index (κ3) is 4.00. The van der Waals surface area contributed by atoms with Gasteiger partial charge in [-0.2, -0.15) is 0 Å². The van der Waals surface area contributed by atoms with Crippen LogP contribution in [0.25, 0.3) is 11.1 Å². The second-order valence-electron chi connectivity index (χ2n) is 7.45. The molecule has 1 heterocycles. The minimum atomic E-state index is -0.774. The summed E-state index contributed by atoms with van der Waals surface area (Å²) in [6.45, 7) is 0.377. The number of hydrogen-bond donors (Lipinski definition) is 4. The van der Waals surface area contributed by atoms with Gasteiger partial charge in [0.2, 0.25) is 10.8 Å². The summed E-state index contributed by atoms with van der Waals surface area (Å²) in [6.07, 6.45) is 0.580. The van der Waals surface area contributed by atoms with E-state index in [0.717, 1.165) is 17.3 Å². The van der Waals surface area contributed by atoms with E-state index in [2.05, 4.69) is 9.98 Å². The first-order chi connectivity index (χ1) is 14.8. The molecule has 1 aliphatic heterocycles. The first-order valence-corrected chi connectivity index (χ1v) is 9.73. The molecule has 0 atom stereocenters. The lowest BCUT2D eigenvalue weighted by Crippen LogP contribution is -2.74. The summed E-state index contributed by atoms with van der Waals surface area (Å²) >= 11 is 0. The Morgan fingerprint density at radius 3 is 2.55 bits per heavy atom. The van der Waals surface area contributed by atoms with Crippen molar-refractivity contribution in [3.63, 3.8) is 0 Å². The lowest BCUT2D eigenvalue weighted by atomic mass is 10.1. The normalized spacial score (nSPS) is 11.9. The van der Waals surface area contributed by atoms with Gasteiger partial charge in [-0.3, -0.25) is 9.59 Å². The van der Waals surface area contributed by atoms with Crippen LogP contribution in [0.3, 0.4) is 0 Å². The number of aliphatic hydroxyl groups is 1. The molecule has 2 aliphatic rings. The van der Waals surface area contributed by atoms with Gasteiger partial charge in [0.05, 0.1) is 5.52 Å². The first kappa shape index (κ1) is 20.2. The molecule has 0 radical (unpaired) electrons. The van der Waals surface area contributed by atoms with Crippen LogP contribution in [0.1, 0.15) is 11.1 Å². The molecular formula is C23H22N3O5+. The van der Waals surface area contributed by atoms with Crippen LogP contribution in [0.2, 0.25) is 0 Å². The summed E-state index contributed by atoms with van der Waals surface area (Å²) < 4.78 is 5.78. The van der Waals surface area contributed by atoms with Crippen molar-refractivity contribution in [2.24, 2.45) is 0 Å². The summed E-state index contributed by atoms with van der Waals surface area (Å²) in [5, 5.41) is 20.2. The fourth-order valence-corrected chi connectivity index (χ4v) is 3.33. The second-order valence-corrected chi connectivity index (χ2v) is 7.45. The Morgan fingerprint density at radius 1 is 1.10 bits per heavy atom. The van der Waals surface area contributed by atoms with E-state index in [1.807, 2.05) is 31.1 Å². The SMILES string of the molecule is CN(C)c1ccc2[nH]c3c(C(O)=[NH+]CCc4ccc(O)cc4)cc(=O)c(=O)c=3oc2c1. The van der Waals surface area contributed by atoms with E-state index in [1.54, 1.807) is 30.3 Å². The Bertz CT molecular complexity index is 1470. The van der Waals surface area contributed by atoms with Gasteiger partial charge in [-0.1, -0.05) is 12.1 Å². The Balaban J connectivity index is 1.79. The first-order valence-electron chi connectivity index (χ1n) is 9.73. The minimum Gasteiger partial charge on any atom is -0.508 e. The van der Waals surface area contributed by atoms with Crippen molar-refractivity contribution >= 4 is 22.7 Å². The monoisotopic (exact) mass is 420 g/mol. The number of nitrogens with zero attached hydrogens (tertiary/aromatic N) is 1. The zero-order chi connectivity index (χ0) is 22.1. The molecule has 158 valence electrons. The molecule has 4 N–H and O–H groups in total. The van der Waals surface area contributed by atoms with Crippen LogP contribution in [0.5, 0.6) is 5.75 Å². The molecule has 31 heavy (non-hydrogen) atoms. The summed E-state index contributed by atoms with van der Waals surface area (Å²) in [5.41, 5.74) is 1.36. The van der Waals surface area contributed by atoms with Gasteiger partial charge in [-0.15, -0.1) is 0 Å². The standard InChI is InChI=1S/C23H21N3O5/c1-26(2)14-5-8-17-19(11-14)31-22-20(25-17)16(12-18(28)21(22)29)23(30)24-10-9-13-3-6-15(27)7-4-13/h3-8,11-12,25,27H,9-10H2,1-2H3,(H,24,30)/p+1. The van der Waals surface area contributed by atoms with Crippen molar-refractivity contribution in [1.82, 2.24) is 4.98 Å². The zero-order valence-corrected chi connectivity index (χ0v) is 17.1. The van der Waals surface area contributed by atoms with E-state index in [9.17, 15) is 19.8 Å². The fourth-order valence-electron chi connectivity index (χ4n) is 3.33. The minimum absolute atomic E-state index is 0.141. The highest BCUT2D eigenvalue weighted by molar-refractivity contribution is 5.88. The van der Waals surface area contributed by atoms with Crippen LogP contribution in [-0.4, -0.2) is 41.7 Å². The van der Waals surface area contributed by atoms with Crippen LogP contribution in [0.4, 0.5) is 5.69 Å². The number of H-pyrrole nitrogens is 1. The number of fused-ring (bicyclic) bond motifs is 1. The Morgan fingerprint density at radius 2 is 1.84 bits per heavy atom. The van der Waals surface area contributed by atoms with Crippen molar-refractivity contribution < 1.29 is 19.6 Å². The number of aromatic hydroxyl groups is 1. The maximum Gasteiger partial charge on any atom is 0.368 e. The molecule has 0 saturated heterocycles. The number of nitrogens with one attached hydrogen (secondary N) is 2. The smallest absolute Gasteiger partial charge is 0.368 e. The van der Waals surface area contributed by atoms with Gasteiger partial charge in [-0.05, 0) is 29.8 Å². The number of rotatable bonds is 5. The van der Waals surface area contributed by atoms with Crippen LogP contribution >= 0.6 is 0 Å². The third-order valence-electron chi connectivity index (χ3n) is 5.05. The zero-order valence-electron chi connectivity index (χ0n) is 17.1. The van der Waals surface area contributed by atoms with Crippen molar-refractivity contribution in [3.05, 3.63) is 90.9 Å². The molecule has 0 aromatic heterocycles. The fraction of sp³-hybridized carbons (Fsp3) is 0.174. The van der Waals surface area contributed by atoms with Crippen molar-refractivity contribution in [2.75, 3.05) is 25.5 Å². The lowest BCUT2D eigenvalue weighted by Gasteiger charge is -2.12. The largest absolute Gasteiger partial charge is 0.508 e. The van der Waals surface area contributed by atoms with Gasteiger partial charge >= 0.3 is 5.90 Å². The number of benzene rings is 2. The van der Waals surface area contributed by atoms with Gasteiger partial charge in [0, 0.05) is 38.3 Å².